The fourth-order valence-electron chi connectivity index (χ4n) is 3.52. The van der Waals surface area contributed by atoms with E-state index in [9.17, 15) is 4.79 Å². The Labute approximate surface area is 188 Å². The van der Waals surface area contributed by atoms with E-state index in [1.807, 2.05) is 73.8 Å². The van der Waals surface area contributed by atoms with Crippen molar-refractivity contribution in [3.8, 4) is 0 Å². The van der Waals surface area contributed by atoms with Gasteiger partial charge in [-0.1, -0.05) is 30.3 Å². The SMILES string of the molecule is Cc1ccc(C)c(NC(=O)c2c(N)n(/N=C/c3cccs3)c3nc4ccccc4nc23)c1. The molecule has 0 saturated carbocycles. The quantitative estimate of drug-likeness (QED) is 0.385. The Kier molecular flexibility index (Phi) is 4.91. The number of anilines is 2. The van der Waals surface area contributed by atoms with E-state index in [0.29, 0.717) is 22.2 Å². The summed E-state index contributed by atoms with van der Waals surface area (Å²) in [6.45, 7) is 3.92. The number of hydrogen-bond donors (Lipinski definition) is 2. The van der Waals surface area contributed by atoms with Crippen LogP contribution in [0.3, 0.4) is 0 Å². The monoisotopic (exact) mass is 440 g/mol. The third-order valence-corrected chi connectivity index (χ3v) is 5.99. The Morgan fingerprint density at radius 2 is 1.88 bits per heavy atom. The highest BCUT2D eigenvalue weighted by Gasteiger charge is 2.24. The molecule has 3 N–H and O–H groups in total. The summed E-state index contributed by atoms with van der Waals surface area (Å²) in [5, 5.41) is 9.47. The van der Waals surface area contributed by atoms with Gasteiger partial charge in [0.1, 0.15) is 16.9 Å². The van der Waals surface area contributed by atoms with Crippen molar-refractivity contribution in [1.29, 1.82) is 0 Å². The lowest BCUT2D eigenvalue weighted by Gasteiger charge is -2.09. The number of benzene rings is 2. The molecular weight excluding hydrogens is 420 g/mol. The second-order valence-electron chi connectivity index (χ2n) is 7.49. The smallest absolute Gasteiger partial charge is 0.261 e. The molecule has 3 heterocycles. The first-order chi connectivity index (χ1) is 15.5. The highest BCUT2D eigenvalue weighted by Crippen LogP contribution is 2.29. The van der Waals surface area contributed by atoms with Gasteiger partial charge in [-0.25, -0.2) is 9.97 Å². The number of para-hydroxylation sites is 2. The third-order valence-electron chi connectivity index (χ3n) is 5.19. The van der Waals surface area contributed by atoms with Crippen molar-refractivity contribution in [3.05, 3.63) is 81.5 Å². The number of hydrogen-bond acceptors (Lipinski definition) is 6. The standard InChI is InChI=1S/C24H20N6OS/c1-14-9-10-15(2)19(12-14)29-24(31)20-21-23(28-18-8-4-3-7-17(18)27-21)30(22(20)25)26-13-16-6-5-11-32-16/h3-13H,25H2,1-2H3,(H,29,31)/b26-13+. The van der Waals surface area contributed by atoms with Gasteiger partial charge in [0.25, 0.3) is 5.91 Å². The Morgan fingerprint density at radius 1 is 1.09 bits per heavy atom. The molecule has 0 aliphatic carbocycles. The normalized spacial score (nSPS) is 11.6. The Morgan fingerprint density at radius 3 is 2.62 bits per heavy atom. The second-order valence-corrected chi connectivity index (χ2v) is 8.47. The van der Waals surface area contributed by atoms with Gasteiger partial charge in [-0.2, -0.15) is 9.78 Å². The molecule has 0 aliphatic heterocycles. The van der Waals surface area contributed by atoms with Crippen LogP contribution >= 0.6 is 11.3 Å². The first-order valence-electron chi connectivity index (χ1n) is 10.0. The van der Waals surface area contributed by atoms with E-state index in [-0.39, 0.29) is 17.3 Å². The van der Waals surface area contributed by atoms with Crippen LogP contribution in [0.5, 0.6) is 0 Å². The van der Waals surface area contributed by atoms with Crippen LogP contribution in [0.2, 0.25) is 0 Å². The molecule has 158 valence electrons. The van der Waals surface area contributed by atoms with Crippen LogP contribution < -0.4 is 11.1 Å². The van der Waals surface area contributed by atoms with Crippen LogP contribution in [0.4, 0.5) is 11.5 Å². The number of rotatable bonds is 4. The number of amides is 1. The highest BCUT2D eigenvalue weighted by molar-refractivity contribution is 7.11. The molecule has 0 fully saturated rings. The average Bonchev–Trinajstić information content (AvgIpc) is 3.39. The molecule has 3 aromatic heterocycles. The van der Waals surface area contributed by atoms with Crippen LogP contribution in [-0.4, -0.2) is 26.8 Å². The van der Waals surface area contributed by atoms with Crippen molar-refractivity contribution >= 4 is 57.2 Å². The molecule has 2 aromatic carbocycles. The predicted octanol–water partition coefficient (Wildman–Crippen LogP) is 4.98. The van der Waals surface area contributed by atoms with Gasteiger partial charge in [0.2, 0.25) is 0 Å². The number of nitrogens with zero attached hydrogens (tertiary/aromatic N) is 4. The summed E-state index contributed by atoms with van der Waals surface area (Å²) in [4.78, 5) is 23.8. The van der Waals surface area contributed by atoms with E-state index in [0.717, 1.165) is 21.7 Å². The van der Waals surface area contributed by atoms with E-state index in [4.69, 9.17) is 15.7 Å². The largest absolute Gasteiger partial charge is 0.383 e. The first kappa shape index (κ1) is 19.9. The molecule has 0 radical (unpaired) electrons. The number of carbonyl (C=O) groups excluding carboxylic acids is 1. The van der Waals surface area contributed by atoms with Gasteiger partial charge in [-0.05, 0) is 54.6 Å². The predicted molar refractivity (Wildman–Crippen MR) is 131 cm³/mol. The van der Waals surface area contributed by atoms with Gasteiger partial charge in [-0.15, -0.1) is 11.3 Å². The minimum Gasteiger partial charge on any atom is -0.383 e. The lowest BCUT2D eigenvalue weighted by Crippen LogP contribution is -2.15. The molecule has 7 nitrogen and oxygen atoms in total. The van der Waals surface area contributed by atoms with Gasteiger partial charge < -0.3 is 11.1 Å². The lowest BCUT2D eigenvalue weighted by molar-refractivity contribution is 0.102. The molecule has 0 bridgehead atoms. The maximum Gasteiger partial charge on any atom is 0.261 e. The number of fused-ring (bicyclic) bond motifs is 2. The minimum absolute atomic E-state index is 0.186. The summed E-state index contributed by atoms with van der Waals surface area (Å²) >= 11 is 1.56. The Bertz CT molecular complexity index is 1500. The summed E-state index contributed by atoms with van der Waals surface area (Å²) in [6.07, 6.45) is 1.70. The lowest BCUT2D eigenvalue weighted by atomic mass is 10.1. The highest BCUT2D eigenvalue weighted by atomic mass is 32.1. The van der Waals surface area contributed by atoms with Crippen molar-refractivity contribution in [2.75, 3.05) is 11.1 Å². The Hall–Kier alpha value is -4.04. The number of nitrogens with two attached hydrogens (primary N) is 1. The zero-order valence-corrected chi connectivity index (χ0v) is 18.4. The van der Waals surface area contributed by atoms with Gasteiger partial charge in [0, 0.05) is 10.6 Å². The van der Waals surface area contributed by atoms with Crippen molar-refractivity contribution in [2.24, 2.45) is 5.10 Å². The maximum atomic E-state index is 13.4. The molecule has 0 aliphatic rings. The van der Waals surface area contributed by atoms with Gasteiger partial charge in [0.05, 0.1) is 17.2 Å². The van der Waals surface area contributed by atoms with Gasteiger partial charge in [-0.3, -0.25) is 4.79 Å². The second kappa shape index (κ2) is 7.90. The maximum absolute atomic E-state index is 13.4. The van der Waals surface area contributed by atoms with Crippen LogP contribution in [-0.2, 0) is 0 Å². The summed E-state index contributed by atoms with van der Waals surface area (Å²) < 4.78 is 1.48. The molecule has 32 heavy (non-hydrogen) atoms. The average molecular weight is 441 g/mol. The molecule has 5 rings (SSSR count). The summed E-state index contributed by atoms with van der Waals surface area (Å²) in [6, 6.07) is 17.3. The molecule has 0 spiro atoms. The van der Waals surface area contributed by atoms with E-state index in [1.165, 1.54) is 4.68 Å². The van der Waals surface area contributed by atoms with Gasteiger partial charge in [0.15, 0.2) is 5.65 Å². The molecule has 5 aromatic rings. The molecule has 0 unspecified atom stereocenters. The van der Waals surface area contributed by atoms with E-state index in [1.54, 1.807) is 17.6 Å². The number of nitrogens with one attached hydrogen (secondary N) is 1. The van der Waals surface area contributed by atoms with Crippen molar-refractivity contribution in [3.63, 3.8) is 0 Å². The van der Waals surface area contributed by atoms with E-state index in [2.05, 4.69) is 10.4 Å². The van der Waals surface area contributed by atoms with Crippen LogP contribution in [0.1, 0.15) is 26.4 Å². The third kappa shape index (κ3) is 3.50. The first-order valence-corrected chi connectivity index (χ1v) is 10.9. The topological polar surface area (TPSA) is 98.2 Å². The number of carbonyl (C=O) groups is 1. The molecule has 0 atom stereocenters. The fraction of sp³-hybridized carbons (Fsp3) is 0.0833. The summed E-state index contributed by atoms with van der Waals surface area (Å²) in [5.74, 6) is -0.165. The van der Waals surface area contributed by atoms with Crippen LogP contribution in [0.15, 0.2) is 65.1 Å². The number of nitrogen functional groups attached to an aromatic ring is 1. The zero-order valence-electron chi connectivity index (χ0n) is 17.5. The molecular formula is C24H20N6OS. The number of thiophene rings is 1. The Balaban J connectivity index is 1.68. The molecule has 8 heteroatoms. The zero-order chi connectivity index (χ0) is 22.2. The number of aryl methyl sites for hydroxylation is 2. The molecule has 1 amide bonds. The van der Waals surface area contributed by atoms with Crippen molar-refractivity contribution < 1.29 is 4.79 Å². The molecule has 0 saturated heterocycles. The van der Waals surface area contributed by atoms with Crippen molar-refractivity contribution in [2.45, 2.75) is 13.8 Å². The van der Waals surface area contributed by atoms with Crippen LogP contribution in [0.25, 0.3) is 22.2 Å². The summed E-state index contributed by atoms with van der Waals surface area (Å²) in [7, 11) is 0. The van der Waals surface area contributed by atoms with Crippen LogP contribution in [0, 0.1) is 13.8 Å². The van der Waals surface area contributed by atoms with E-state index >= 15 is 0 Å². The van der Waals surface area contributed by atoms with Gasteiger partial charge >= 0.3 is 0 Å². The summed E-state index contributed by atoms with van der Waals surface area (Å²) in [5.41, 5.74) is 11.7. The minimum atomic E-state index is -0.351. The van der Waals surface area contributed by atoms with E-state index < -0.39 is 0 Å². The number of aromatic nitrogens is 3. The fourth-order valence-corrected chi connectivity index (χ4v) is 4.10. The van der Waals surface area contributed by atoms with Crippen molar-refractivity contribution in [1.82, 2.24) is 14.6 Å².